The molecule has 0 spiro atoms. The lowest BCUT2D eigenvalue weighted by molar-refractivity contribution is 0.00248. The molecule has 0 aliphatic carbocycles. The number of rotatable bonds is 3. The van der Waals surface area contributed by atoms with Crippen molar-refractivity contribution in [1.29, 1.82) is 0 Å². The lowest BCUT2D eigenvalue weighted by Gasteiger charge is -2.40. The molecule has 24 heavy (non-hydrogen) atoms. The van der Waals surface area contributed by atoms with Gasteiger partial charge in [0.1, 0.15) is 0 Å². The van der Waals surface area contributed by atoms with Crippen LogP contribution in [-0.2, 0) is 4.74 Å². The summed E-state index contributed by atoms with van der Waals surface area (Å²) in [6.45, 7) is 6.50. The molecule has 0 saturated carbocycles. The molecule has 6 nitrogen and oxygen atoms in total. The Kier molecular flexibility index (Phi) is 5.48. The monoisotopic (exact) mass is 331 g/mol. The van der Waals surface area contributed by atoms with Crippen molar-refractivity contribution in [2.75, 3.05) is 44.7 Å². The fourth-order valence-corrected chi connectivity index (χ4v) is 3.40. The van der Waals surface area contributed by atoms with Crippen molar-refractivity contribution in [1.82, 2.24) is 9.80 Å². The molecule has 1 atom stereocenters. The third kappa shape index (κ3) is 4.13. The summed E-state index contributed by atoms with van der Waals surface area (Å²) in [4.78, 5) is 28.3. The van der Waals surface area contributed by atoms with Crippen LogP contribution >= 0.6 is 0 Å². The number of morpholine rings is 1. The number of benzene rings is 1. The molecule has 1 N–H and O–H groups in total. The smallest absolute Gasteiger partial charge is 0.321 e. The third-order valence-corrected chi connectivity index (χ3v) is 4.77. The number of likely N-dealkylation sites (tertiary alicyclic amines) is 1. The van der Waals surface area contributed by atoms with Crippen LogP contribution in [0.15, 0.2) is 24.3 Å². The summed E-state index contributed by atoms with van der Waals surface area (Å²) >= 11 is 0. The van der Waals surface area contributed by atoms with Crippen molar-refractivity contribution in [3.8, 4) is 0 Å². The molecule has 2 saturated heterocycles. The molecule has 6 heteroatoms. The SMILES string of the molecule is CC(=O)c1cccc(NC(=O)N2CCCC(N3CCOCC3)C2)c1. The number of carbonyl (C=O) groups excluding carboxylic acids is 2. The molecular formula is C18H25N3O3. The Balaban J connectivity index is 1.60. The molecule has 2 heterocycles. The normalized spacial score (nSPS) is 22.2. The maximum absolute atomic E-state index is 12.6. The summed E-state index contributed by atoms with van der Waals surface area (Å²) in [5.41, 5.74) is 1.28. The molecule has 3 rings (SSSR count). The van der Waals surface area contributed by atoms with Gasteiger partial charge >= 0.3 is 6.03 Å². The number of ether oxygens (including phenoxy) is 1. The van der Waals surface area contributed by atoms with E-state index in [2.05, 4.69) is 10.2 Å². The van der Waals surface area contributed by atoms with E-state index in [1.54, 1.807) is 18.2 Å². The highest BCUT2D eigenvalue weighted by Crippen LogP contribution is 2.19. The van der Waals surface area contributed by atoms with Crippen LogP contribution in [-0.4, -0.2) is 67.0 Å². The van der Waals surface area contributed by atoms with Gasteiger partial charge in [0.15, 0.2) is 5.78 Å². The van der Waals surface area contributed by atoms with E-state index < -0.39 is 0 Å². The summed E-state index contributed by atoms with van der Waals surface area (Å²) in [7, 11) is 0. The number of nitrogens with zero attached hydrogens (tertiary/aromatic N) is 2. The van der Waals surface area contributed by atoms with Crippen LogP contribution in [0.25, 0.3) is 0 Å². The Morgan fingerprint density at radius 3 is 2.75 bits per heavy atom. The van der Waals surface area contributed by atoms with E-state index in [4.69, 9.17) is 4.74 Å². The quantitative estimate of drug-likeness (QED) is 0.863. The zero-order valence-corrected chi connectivity index (χ0v) is 14.2. The minimum Gasteiger partial charge on any atom is -0.379 e. The van der Waals surface area contributed by atoms with Gasteiger partial charge in [0.05, 0.1) is 13.2 Å². The first-order valence-electron chi connectivity index (χ1n) is 8.62. The summed E-state index contributed by atoms with van der Waals surface area (Å²) in [5, 5.41) is 2.92. The predicted molar refractivity (Wildman–Crippen MR) is 92.5 cm³/mol. The number of hydrogen-bond donors (Lipinski definition) is 1. The molecule has 2 amide bonds. The van der Waals surface area contributed by atoms with Crippen LogP contribution < -0.4 is 5.32 Å². The van der Waals surface area contributed by atoms with E-state index in [9.17, 15) is 9.59 Å². The van der Waals surface area contributed by atoms with Crippen molar-refractivity contribution in [3.05, 3.63) is 29.8 Å². The van der Waals surface area contributed by atoms with Crippen LogP contribution in [0.2, 0.25) is 0 Å². The Labute approximate surface area is 142 Å². The fourth-order valence-electron chi connectivity index (χ4n) is 3.40. The molecular weight excluding hydrogens is 306 g/mol. The lowest BCUT2D eigenvalue weighted by atomic mass is 10.0. The van der Waals surface area contributed by atoms with Gasteiger partial charge < -0.3 is 15.0 Å². The zero-order chi connectivity index (χ0) is 16.9. The number of carbonyl (C=O) groups is 2. The van der Waals surface area contributed by atoms with Crippen molar-refractivity contribution < 1.29 is 14.3 Å². The summed E-state index contributed by atoms with van der Waals surface area (Å²) in [6, 6.07) is 7.41. The number of Topliss-reactive ketones (excluding diaryl/α,β-unsaturated/α-hetero) is 1. The third-order valence-electron chi connectivity index (χ3n) is 4.77. The molecule has 2 aliphatic rings. The summed E-state index contributed by atoms with van der Waals surface area (Å²) < 4.78 is 5.41. The Bertz CT molecular complexity index is 599. The first-order valence-corrected chi connectivity index (χ1v) is 8.62. The largest absolute Gasteiger partial charge is 0.379 e. The average Bonchev–Trinajstić information content (AvgIpc) is 2.63. The summed E-state index contributed by atoms with van der Waals surface area (Å²) in [5.74, 6) is -0.00328. The number of piperidine rings is 1. The van der Waals surface area contributed by atoms with E-state index in [0.717, 1.165) is 52.2 Å². The number of hydrogen-bond acceptors (Lipinski definition) is 4. The van der Waals surface area contributed by atoms with Gasteiger partial charge in [-0.15, -0.1) is 0 Å². The van der Waals surface area contributed by atoms with Crippen LogP contribution in [0.4, 0.5) is 10.5 Å². The van der Waals surface area contributed by atoms with E-state index in [0.29, 0.717) is 17.3 Å². The maximum Gasteiger partial charge on any atom is 0.321 e. The minimum absolute atomic E-state index is 0.00328. The van der Waals surface area contributed by atoms with Gasteiger partial charge in [-0.05, 0) is 31.9 Å². The fraction of sp³-hybridized carbons (Fsp3) is 0.556. The number of anilines is 1. The Hall–Kier alpha value is -1.92. The van der Waals surface area contributed by atoms with Crippen LogP contribution in [0.3, 0.4) is 0 Å². The topological polar surface area (TPSA) is 61.9 Å². The molecule has 0 radical (unpaired) electrons. The number of ketones is 1. The van der Waals surface area contributed by atoms with Gasteiger partial charge in [0.25, 0.3) is 0 Å². The average molecular weight is 331 g/mol. The second-order valence-electron chi connectivity index (χ2n) is 6.46. The zero-order valence-electron chi connectivity index (χ0n) is 14.2. The highest BCUT2D eigenvalue weighted by molar-refractivity contribution is 5.96. The van der Waals surface area contributed by atoms with Gasteiger partial charge in [0, 0.05) is 43.5 Å². The number of urea groups is 1. The highest BCUT2D eigenvalue weighted by Gasteiger charge is 2.28. The first-order chi connectivity index (χ1) is 11.6. The van der Waals surface area contributed by atoms with Crippen LogP contribution in [0, 0.1) is 0 Å². The van der Waals surface area contributed by atoms with Crippen molar-refractivity contribution >= 4 is 17.5 Å². The lowest BCUT2D eigenvalue weighted by Crippen LogP contribution is -2.53. The molecule has 1 aromatic carbocycles. The Morgan fingerprint density at radius 2 is 2.00 bits per heavy atom. The molecule has 2 aliphatic heterocycles. The molecule has 1 aromatic rings. The summed E-state index contributed by atoms with van der Waals surface area (Å²) in [6.07, 6.45) is 2.15. The predicted octanol–water partition coefficient (Wildman–Crippen LogP) is 2.22. The molecule has 0 bridgehead atoms. The van der Waals surface area contributed by atoms with Crippen LogP contribution in [0.5, 0.6) is 0 Å². The van der Waals surface area contributed by atoms with Crippen molar-refractivity contribution in [2.45, 2.75) is 25.8 Å². The highest BCUT2D eigenvalue weighted by atomic mass is 16.5. The van der Waals surface area contributed by atoms with Gasteiger partial charge in [0.2, 0.25) is 0 Å². The van der Waals surface area contributed by atoms with E-state index in [-0.39, 0.29) is 11.8 Å². The molecule has 2 fully saturated rings. The van der Waals surface area contributed by atoms with E-state index in [1.165, 1.54) is 6.92 Å². The second-order valence-corrected chi connectivity index (χ2v) is 6.46. The Morgan fingerprint density at radius 1 is 1.21 bits per heavy atom. The number of nitrogens with one attached hydrogen (secondary N) is 1. The van der Waals surface area contributed by atoms with Crippen LogP contribution in [0.1, 0.15) is 30.1 Å². The standard InChI is InChI=1S/C18H25N3O3/c1-14(22)15-4-2-5-16(12-15)19-18(23)21-7-3-6-17(13-21)20-8-10-24-11-9-20/h2,4-5,12,17H,3,6-11,13H2,1H3,(H,19,23). The second kappa shape index (κ2) is 7.77. The van der Waals surface area contributed by atoms with Gasteiger partial charge in [-0.3, -0.25) is 9.69 Å². The number of amides is 2. The van der Waals surface area contributed by atoms with E-state index >= 15 is 0 Å². The molecule has 1 unspecified atom stereocenters. The molecule has 0 aromatic heterocycles. The van der Waals surface area contributed by atoms with Gasteiger partial charge in [-0.25, -0.2) is 4.79 Å². The van der Waals surface area contributed by atoms with Crippen molar-refractivity contribution in [2.24, 2.45) is 0 Å². The van der Waals surface area contributed by atoms with Crippen molar-refractivity contribution in [3.63, 3.8) is 0 Å². The maximum atomic E-state index is 12.6. The van der Waals surface area contributed by atoms with Gasteiger partial charge in [-0.1, -0.05) is 12.1 Å². The van der Waals surface area contributed by atoms with Gasteiger partial charge in [-0.2, -0.15) is 0 Å². The van der Waals surface area contributed by atoms with E-state index in [1.807, 2.05) is 11.0 Å². The first kappa shape index (κ1) is 16.9. The minimum atomic E-state index is -0.0892. The molecule has 130 valence electrons.